The zero-order chi connectivity index (χ0) is 13.3. The van der Waals surface area contributed by atoms with Crippen LogP contribution in [0.15, 0.2) is 0 Å². The predicted octanol–water partition coefficient (Wildman–Crippen LogP) is 1.65. The fourth-order valence-electron chi connectivity index (χ4n) is 1.61. The number of carbonyl (C=O) groups excluding carboxylic acids is 1. The maximum atomic E-state index is 12.1. The zero-order valence-electron chi connectivity index (χ0n) is 12.0. The molecule has 0 aromatic heterocycles. The second-order valence-electron chi connectivity index (χ2n) is 4.70. The number of rotatable bonds is 9. The first kappa shape index (κ1) is 16.4. The molecule has 0 aromatic rings. The van der Waals surface area contributed by atoms with Crippen molar-refractivity contribution >= 4 is 5.91 Å². The molecule has 0 rings (SSSR count). The van der Waals surface area contributed by atoms with Crippen LogP contribution in [-0.4, -0.2) is 49.7 Å². The van der Waals surface area contributed by atoms with Crippen LogP contribution in [-0.2, 0) is 9.53 Å². The van der Waals surface area contributed by atoms with Crippen molar-refractivity contribution in [3.05, 3.63) is 0 Å². The minimum atomic E-state index is 0.213. The van der Waals surface area contributed by atoms with Crippen molar-refractivity contribution in [3.63, 3.8) is 0 Å². The Morgan fingerprint density at radius 2 is 2.00 bits per heavy atom. The van der Waals surface area contributed by atoms with Gasteiger partial charge in [-0.2, -0.15) is 0 Å². The summed E-state index contributed by atoms with van der Waals surface area (Å²) < 4.78 is 5.05. The molecule has 0 bridgehead atoms. The lowest BCUT2D eigenvalue weighted by atomic mass is 10.2. The molecule has 1 atom stereocenters. The zero-order valence-corrected chi connectivity index (χ0v) is 12.0. The van der Waals surface area contributed by atoms with Crippen molar-refractivity contribution in [2.45, 2.75) is 52.6 Å². The Morgan fingerprint density at radius 1 is 1.35 bits per heavy atom. The summed E-state index contributed by atoms with van der Waals surface area (Å²) in [6.07, 6.45) is 1.54. The number of carbonyl (C=O) groups is 1. The Hall–Kier alpha value is -0.610. The van der Waals surface area contributed by atoms with Gasteiger partial charge in [0.15, 0.2) is 0 Å². The molecule has 4 heteroatoms. The summed E-state index contributed by atoms with van der Waals surface area (Å²) in [4.78, 5) is 14.0. The summed E-state index contributed by atoms with van der Waals surface area (Å²) >= 11 is 0. The van der Waals surface area contributed by atoms with Gasteiger partial charge in [-0.3, -0.25) is 4.79 Å². The highest BCUT2D eigenvalue weighted by atomic mass is 16.5. The molecule has 0 aliphatic heterocycles. The van der Waals surface area contributed by atoms with E-state index in [1.54, 1.807) is 7.11 Å². The number of hydrogen-bond acceptors (Lipinski definition) is 3. The van der Waals surface area contributed by atoms with E-state index >= 15 is 0 Å². The standard InChI is InChI=1S/C13H28N2O2/c1-6-12(4)15(9-10-17-5)13(16)7-8-14-11(2)3/h11-12,14H,6-10H2,1-5H3. The van der Waals surface area contributed by atoms with E-state index in [1.807, 2.05) is 4.90 Å². The quantitative estimate of drug-likeness (QED) is 0.670. The molecule has 0 heterocycles. The van der Waals surface area contributed by atoms with Gasteiger partial charge in [0.05, 0.1) is 6.61 Å². The van der Waals surface area contributed by atoms with Crippen LogP contribution < -0.4 is 5.32 Å². The molecule has 0 fully saturated rings. The van der Waals surface area contributed by atoms with Crippen LogP contribution in [0.4, 0.5) is 0 Å². The highest BCUT2D eigenvalue weighted by molar-refractivity contribution is 5.76. The van der Waals surface area contributed by atoms with Crippen LogP contribution in [0, 0.1) is 0 Å². The highest BCUT2D eigenvalue weighted by Gasteiger charge is 2.17. The number of ether oxygens (including phenoxy) is 1. The van der Waals surface area contributed by atoms with E-state index in [9.17, 15) is 4.79 Å². The fraction of sp³-hybridized carbons (Fsp3) is 0.923. The van der Waals surface area contributed by atoms with Crippen molar-refractivity contribution in [1.82, 2.24) is 10.2 Å². The third kappa shape index (κ3) is 7.34. The lowest BCUT2D eigenvalue weighted by molar-refractivity contribution is -0.133. The van der Waals surface area contributed by atoms with Gasteiger partial charge in [0, 0.05) is 38.7 Å². The average molecular weight is 244 g/mol. The van der Waals surface area contributed by atoms with Crippen LogP contribution in [0.25, 0.3) is 0 Å². The van der Waals surface area contributed by atoms with E-state index in [2.05, 4.69) is 33.0 Å². The van der Waals surface area contributed by atoms with Crippen LogP contribution in [0.3, 0.4) is 0 Å². The summed E-state index contributed by atoms with van der Waals surface area (Å²) in [5, 5.41) is 3.27. The summed E-state index contributed by atoms with van der Waals surface area (Å²) in [5.74, 6) is 0.213. The van der Waals surface area contributed by atoms with Crippen molar-refractivity contribution in [2.75, 3.05) is 26.8 Å². The molecule has 0 aliphatic rings. The Bertz CT molecular complexity index is 208. The van der Waals surface area contributed by atoms with Gasteiger partial charge in [0.1, 0.15) is 0 Å². The van der Waals surface area contributed by atoms with Crippen molar-refractivity contribution in [3.8, 4) is 0 Å². The van der Waals surface area contributed by atoms with Gasteiger partial charge in [0.2, 0.25) is 5.91 Å². The molecule has 102 valence electrons. The molecular formula is C13H28N2O2. The second-order valence-corrected chi connectivity index (χ2v) is 4.70. The second kappa shape index (κ2) is 9.42. The molecule has 0 aliphatic carbocycles. The van der Waals surface area contributed by atoms with Crippen LogP contribution in [0.1, 0.15) is 40.5 Å². The van der Waals surface area contributed by atoms with Gasteiger partial charge >= 0.3 is 0 Å². The normalized spacial score (nSPS) is 12.8. The molecule has 0 spiro atoms. The largest absolute Gasteiger partial charge is 0.383 e. The summed E-state index contributed by atoms with van der Waals surface area (Å²) in [5.41, 5.74) is 0. The lowest BCUT2D eigenvalue weighted by Crippen LogP contribution is -2.42. The maximum absolute atomic E-state index is 12.1. The predicted molar refractivity (Wildman–Crippen MR) is 71.1 cm³/mol. The Balaban J connectivity index is 4.12. The highest BCUT2D eigenvalue weighted by Crippen LogP contribution is 2.05. The van der Waals surface area contributed by atoms with E-state index in [-0.39, 0.29) is 11.9 Å². The van der Waals surface area contributed by atoms with E-state index in [4.69, 9.17) is 4.74 Å². The molecule has 17 heavy (non-hydrogen) atoms. The number of methoxy groups -OCH3 is 1. The monoisotopic (exact) mass is 244 g/mol. The fourth-order valence-corrected chi connectivity index (χ4v) is 1.61. The van der Waals surface area contributed by atoms with Crippen LogP contribution >= 0.6 is 0 Å². The van der Waals surface area contributed by atoms with E-state index in [1.165, 1.54) is 0 Å². The molecule has 1 unspecified atom stereocenters. The van der Waals surface area contributed by atoms with E-state index < -0.39 is 0 Å². The number of hydrogen-bond donors (Lipinski definition) is 1. The van der Waals surface area contributed by atoms with Crippen molar-refractivity contribution < 1.29 is 9.53 Å². The molecule has 0 saturated carbocycles. The Kier molecular flexibility index (Phi) is 9.09. The average Bonchev–Trinajstić information content (AvgIpc) is 2.28. The molecule has 0 saturated heterocycles. The van der Waals surface area contributed by atoms with Gasteiger partial charge in [0.25, 0.3) is 0 Å². The first-order valence-electron chi connectivity index (χ1n) is 6.54. The van der Waals surface area contributed by atoms with Crippen LogP contribution in [0.2, 0.25) is 0 Å². The number of amides is 1. The van der Waals surface area contributed by atoms with Gasteiger partial charge in [-0.15, -0.1) is 0 Å². The first-order valence-corrected chi connectivity index (χ1v) is 6.54. The third-order valence-corrected chi connectivity index (χ3v) is 2.87. The van der Waals surface area contributed by atoms with Crippen molar-refractivity contribution in [1.29, 1.82) is 0 Å². The van der Waals surface area contributed by atoms with E-state index in [0.717, 1.165) is 13.0 Å². The SMILES string of the molecule is CCC(C)N(CCOC)C(=O)CCNC(C)C. The lowest BCUT2D eigenvalue weighted by Gasteiger charge is -2.28. The summed E-state index contributed by atoms with van der Waals surface area (Å²) in [6, 6.07) is 0.718. The Morgan fingerprint density at radius 3 is 2.47 bits per heavy atom. The van der Waals surface area contributed by atoms with Gasteiger partial charge in [-0.25, -0.2) is 0 Å². The van der Waals surface area contributed by atoms with Crippen LogP contribution in [0.5, 0.6) is 0 Å². The first-order chi connectivity index (χ1) is 8.02. The Labute approximate surface area is 106 Å². The molecule has 0 aromatic carbocycles. The molecule has 4 nitrogen and oxygen atoms in total. The maximum Gasteiger partial charge on any atom is 0.224 e. The minimum absolute atomic E-state index is 0.213. The number of nitrogens with one attached hydrogen (secondary N) is 1. The molecule has 0 radical (unpaired) electrons. The van der Waals surface area contributed by atoms with Crippen molar-refractivity contribution in [2.24, 2.45) is 0 Å². The summed E-state index contributed by atoms with van der Waals surface area (Å²) in [6.45, 7) is 10.4. The van der Waals surface area contributed by atoms with Gasteiger partial charge in [-0.05, 0) is 13.3 Å². The molecule has 1 amide bonds. The smallest absolute Gasteiger partial charge is 0.224 e. The molecular weight excluding hydrogens is 216 g/mol. The number of nitrogens with zero attached hydrogens (tertiary/aromatic N) is 1. The topological polar surface area (TPSA) is 41.6 Å². The molecule has 1 N–H and O–H groups in total. The minimum Gasteiger partial charge on any atom is -0.383 e. The third-order valence-electron chi connectivity index (χ3n) is 2.87. The van der Waals surface area contributed by atoms with Gasteiger partial charge < -0.3 is 15.0 Å². The summed E-state index contributed by atoms with van der Waals surface area (Å²) in [7, 11) is 1.67. The van der Waals surface area contributed by atoms with Gasteiger partial charge in [-0.1, -0.05) is 20.8 Å². The van der Waals surface area contributed by atoms with E-state index in [0.29, 0.717) is 25.6 Å².